The molecule has 2 aliphatic carbocycles. The average Bonchev–Trinajstić information content (AvgIpc) is 3.56. The molecule has 0 atom stereocenters. The first-order valence-electron chi connectivity index (χ1n) is 13.1. The number of rotatable bonds is 2. The van der Waals surface area contributed by atoms with Crippen LogP contribution in [0.1, 0.15) is 50.3 Å². The molecule has 3 aromatic rings. The topological polar surface area (TPSA) is 192 Å². The minimum atomic E-state index is -5.22. The van der Waals surface area contributed by atoms with Crippen LogP contribution >= 0.6 is 0 Å². The Hall–Kier alpha value is -7.65. The molecular formula is C33H5F8N9. The Morgan fingerprint density at radius 3 is 1.36 bits per heavy atom. The van der Waals surface area contributed by atoms with Crippen molar-refractivity contribution in [1.29, 1.82) is 36.8 Å². The van der Waals surface area contributed by atoms with E-state index in [1.807, 2.05) is 0 Å². The lowest BCUT2D eigenvalue weighted by Crippen LogP contribution is -2.10. The molecular weight excluding hydrogens is 674 g/mol. The van der Waals surface area contributed by atoms with Crippen molar-refractivity contribution < 1.29 is 35.1 Å². The number of benzene rings is 1. The van der Waals surface area contributed by atoms with Gasteiger partial charge in [-0.15, -0.1) is 0 Å². The van der Waals surface area contributed by atoms with E-state index in [9.17, 15) is 72.0 Å². The first-order chi connectivity index (χ1) is 23.6. The van der Waals surface area contributed by atoms with Crippen LogP contribution in [0.2, 0.25) is 0 Å². The lowest BCUT2D eigenvalue weighted by molar-refractivity contribution is -0.142. The second-order valence-corrected chi connectivity index (χ2v) is 10.0. The van der Waals surface area contributed by atoms with Crippen molar-refractivity contribution in [2.24, 2.45) is 0 Å². The third-order valence-corrected chi connectivity index (χ3v) is 7.40. The van der Waals surface area contributed by atoms with Gasteiger partial charge in [0.2, 0.25) is 11.9 Å². The van der Waals surface area contributed by atoms with Gasteiger partial charge in [-0.3, -0.25) is 0 Å². The maximum absolute atomic E-state index is 14.5. The van der Waals surface area contributed by atoms with E-state index in [1.165, 1.54) is 24.3 Å². The van der Waals surface area contributed by atoms with Gasteiger partial charge in [-0.1, -0.05) is 0 Å². The summed E-state index contributed by atoms with van der Waals surface area (Å²) in [5.41, 5.74) is -13.1. The molecule has 9 nitrogen and oxygen atoms in total. The van der Waals surface area contributed by atoms with Crippen LogP contribution in [-0.4, -0.2) is 9.97 Å². The third-order valence-electron chi connectivity index (χ3n) is 7.40. The van der Waals surface area contributed by atoms with Crippen LogP contribution in [0, 0.1) is 91.2 Å². The lowest BCUT2D eigenvalue weighted by Gasteiger charge is -2.14. The monoisotopic (exact) mass is 679 g/mol. The summed E-state index contributed by atoms with van der Waals surface area (Å²) in [7, 11) is 0. The van der Waals surface area contributed by atoms with E-state index in [0.29, 0.717) is 24.3 Å². The average molecular weight is 679 g/mol. The Morgan fingerprint density at radius 1 is 0.520 bits per heavy atom. The molecule has 2 aromatic heterocycles. The van der Waals surface area contributed by atoms with E-state index in [2.05, 4.69) is 9.97 Å². The van der Waals surface area contributed by atoms with E-state index in [1.54, 1.807) is 18.2 Å². The number of allylic oxidation sites excluding steroid dienone is 8. The van der Waals surface area contributed by atoms with E-state index in [4.69, 9.17) is 0 Å². The maximum atomic E-state index is 14.5. The van der Waals surface area contributed by atoms with Crippen LogP contribution in [0.15, 0.2) is 41.5 Å². The van der Waals surface area contributed by atoms with Crippen molar-refractivity contribution in [3.8, 4) is 42.5 Å². The normalized spacial score (nSPS) is 13.2. The summed E-state index contributed by atoms with van der Waals surface area (Å²) in [4.78, 5) is 5.60. The number of hydrogen-bond acceptors (Lipinski definition) is 9. The van der Waals surface area contributed by atoms with Gasteiger partial charge in [0.15, 0.2) is 0 Å². The molecule has 0 saturated carbocycles. The summed E-state index contributed by atoms with van der Waals surface area (Å²) in [5, 5.41) is 70.5. The van der Waals surface area contributed by atoms with Gasteiger partial charge in [0.05, 0.1) is 16.7 Å². The number of fused-ring (bicyclic) bond motifs is 2. The molecule has 50 heavy (non-hydrogen) atoms. The lowest BCUT2D eigenvalue weighted by atomic mass is 9.86. The summed E-state index contributed by atoms with van der Waals surface area (Å²) < 4.78 is 111. The van der Waals surface area contributed by atoms with Gasteiger partial charge < -0.3 is 0 Å². The minimum Gasteiger partial charge on any atom is -0.215 e. The molecule has 5 rings (SSSR count). The second-order valence-electron chi connectivity index (χ2n) is 10.0. The fraction of sp³-hybridized carbons (Fsp3) is 0.0606. The predicted octanol–water partition coefficient (Wildman–Crippen LogP) is 7.16. The van der Waals surface area contributed by atoms with E-state index in [0.717, 1.165) is 6.07 Å². The number of halogens is 8. The van der Waals surface area contributed by atoms with E-state index >= 15 is 0 Å². The summed E-state index contributed by atoms with van der Waals surface area (Å²) in [6.07, 6.45) is -10.4. The molecule has 0 amide bonds. The largest absolute Gasteiger partial charge is 0.433 e. The molecule has 17 heteroatoms. The maximum Gasteiger partial charge on any atom is 0.433 e. The Bertz CT molecular complexity index is 2520. The van der Waals surface area contributed by atoms with Crippen molar-refractivity contribution in [1.82, 2.24) is 9.97 Å². The predicted molar refractivity (Wildman–Crippen MR) is 151 cm³/mol. The molecule has 2 heterocycles. The highest BCUT2D eigenvalue weighted by Gasteiger charge is 2.42. The van der Waals surface area contributed by atoms with Crippen LogP contribution in [-0.2, 0) is 12.4 Å². The van der Waals surface area contributed by atoms with Crippen LogP contribution in [0.25, 0.3) is 33.4 Å². The molecule has 0 fully saturated rings. The first kappa shape index (κ1) is 33.7. The molecule has 0 bridgehead atoms. The van der Waals surface area contributed by atoms with Crippen molar-refractivity contribution in [3.63, 3.8) is 0 Å². The van der Waals surface area contributed by atoms with Crippen LogP contribution in [0.4, 0.5) is 35.1 Å². The molecule has 0 saturated heterocycles. The van der Waals surface area contributed by atoms with E-state index in [-0.39, 0.29) is 0 Å². The van der Waals surface area contributed by atoms with Gasteiger partial charge >= 0.3 is 12.4 Å². The Kier molecular flexibility index (Phi) is 7.99. The number of nitrogens with zero attached hydrogens (tertiary/aromatic N) is 9. The van der Waals surface area contributed by atoms with Crippen molar-refractivity contribution in [2.45, 2.75) is 12.4 Å². The quantitative estimate of drug-likeness (QED) is 0.153. The Morgan fingerprint density at radius 2 is 0.960 bits per heavy atom. The third kappa shape index (κ3) is 5.13. The van der Waals surface area contributed by atoms with Crippen molar-refractivity contribution >= 4 is 33.4 Å². The first-order valence-corrected chi connectivity index (χ1v) is 13.1. The fourth-order valence-electron chi connectivity index (χ4n) is 5.64. The molecule has 0 radical (unpaired) electrons. The number of nitriles is 7. The summed E-state index contributed by atoms with van der Waals surface area (Å²) in [6.45, 7) is 0. The molecule has 0 N–H and O–H groups in total. The highest BCUT2D eigenvalue weighted by Crippen LogP contribution is 2.56. The molecule has 0 aliphatic heterocycles. The van der Waals surface area contributed by atoms with Gasteiger partial charge in [0.25, 0.3) is 0 Å². The highest BCUT2D eigenvalue weighted by molar-refractivity contribution is 6.31. The summed E-state index contributed by atoms with van der Waals surface area (Å²) >= 11 is 0. The Balaban J connectivity index is 2.02. The van der Waals surface area contributed by atoms with Gasteiger partial charge in [0, 0.05) is 51.1 Å². The number of alkyl halides is 6. The van der Waals surface area contributed by atoms with Crippen molar-refractivity contribution in [3.05, 3.63) is 104 Å². The number of pyridine rings is 2. The standard InChI is InChI=1S/C33H5F8N9/c34-24-3-13(1-22(49-24)32(36,37)38)26-19(10-46)17-5-18-28(15(6-42)7-43)27(14-2-23(33(39,40)41)50-25(35)4-14)20(11-47)30(18)21(12-48)31(17)29(26)16(8-44)9-45/h1-5H. The van der Waals surface area contributed by atoms with Crippen molar-refractivity contribution in [2.75, 3.05) is 0 Å². The molecule has 1 aromatic carbocycles. The molecule has 238 valence electrons. The molecule has 0 spiro atoms. The Labute approximate surface area is 273 Å². The molecule has 2 aliphatic rings. The van der Waals surface area contributed by atoms with Crippen LogP contribution < -0.4 is 0 Å². The summed E-state index contributed by atoms with van der Waals surface area (Å²) in [6, 6.07) is 13.6. The van der Waals surface area contributed by atoms with Gasteiger partial charge in [0.1, 0.15) is 65.0 Å². The van der Waals surface area contributed by atoms with Crippen LogP contribution in [0.3, 0.4) is 0 Å². The number of aromatic nitrogens is 2. The summed E-state index contributed by atoms with van der Waals surface area (Å²) in [5.74, 6) is -3.37. The highest BCUT2D eigenvalue weighted by atomic mass is 19.4. The smallest absolute Gasteiger partial charge is 0.215 e. The fourth-order valence-corrected chi connectivity index (χ4v) is 5.64. The van der Waals surface area contributed by atoms with Crippen LogP contribution in [0.5, 0.6) is 0 Å². The zero-order valence-corrected chi connectivity index (χ0v) is 23.9. The SMILES string of the molecule is N#CC(C#N)=C1C(c2cc(F)nc(C(F)(F)F)c2)=C(C#N)c2c1cc1c(c2C#N)C(=C(C#N)C#N)C(c2cc(F)nc(C(F)(F)F)c2)=C1C#N. The zero-order chi connectivity index (χ0) is 36.9. The second kappa shape index (κ2) is 11.9. The minimum absolute atomic E-state index is 0.317. The molecule has 0 unspecified atom stereocenters. The van der Waals surface area contributed by atoms with Gasteiger partial charge in [-0.25, -0.2) is 9.97 Å². The zero-order valence-electron chi connectivity index (χ0n) is 23.9. The number of hydrogen-bond donors (Lipinski definition) is 0. The van der Waals surface area contributed by atoms with Gasteiger partial charge in [-0.2, -0.15) is 72.0 Å². The van der Waals surface area contributed by atoms with E-state index < -0.39 is 119 Å². The van der Waals surface area contributed by atoms with Gasteiger partial charge in [-0.05, 0) is 34.9 Å².